The van der Waals surface area contributed by atoms with Gasteiger partial charge in [-0.3, -0.25) is 0 Å². The van der Waals surface area contributed by atoms with E-state index in [1.165, 1.54) is 6.07 Å². The summed E-state index contributed by atoms with van der Waals surface area (Å²) in [5.41, 5.74) is 5.68. The lowest BCUT2D eigenvalue weighted by molar-refractivity contribution is 0.128. The fourth-order valence-corrected chi connectivity index (χ4v) is 4.18. The standard InChI is InChI=1S/C13H23ClN3O3P/c1-9(2)21(18,10(3)4)8-19-5-6-20-12-7-11(14)16-13(15)17-12/h7,9-10H,5-6,8H2,1-4H3,(H2,15,16,17). The number of nitrogens with zero attached hydrogens (tertiary/aromatic N) is 2. The van der Waals surface area contributed by atoms with Gasteiger partial charge < -0.3 is 19.8 Å². The Morgan fingerprint density at radius 1 is 1.24 bits per heavy atom. The molecule has 0 saturated carbocycles. The van der Waals surface area contributed by atoms with Crippen LogP contribution >= 0.6 is 18.7 Å². The zero-order valence-corrected chi connectivity index (χ0v) is 14.5. The van der Waals surface area contributed by atoms with Gasteiger partial charge in [0.2, 0.25) is 11.8 Å². The third-order valence-corrected chi connectivity index (χ3v) is 7.48. The van der Waals surface area contributed by atoms with E-state index in [2.05, 4.69) is 9.97 Å². The van der Waals surface area contributed by atoms with Crippen molar-refractivity contribution < 1.29 is 14.0 Å². The molecular weight excluding hydrogens is 313 g/mol. The predicted molar refractivity (Wildman–Crippen MR) is 85.6 cm³/mol. The maximum absolute atomic E-state index is 12.7. The van der Waals surface area contributed by atoms with E-state index < -0.39 is 7.14 Å². The molecule has 0 aliphatic carbocycles. The van der Waals surface area contributed by atoms with Crippen LogP contribution in [0.4, 0.5) is 5.95 Å². The minimum atomic E-state index is -2.34. The molecule has 0 amide bonds. The maximum Gasteiger partial charge on any atom is 0.224 e. The largest absolute Gasteiger partial charge is 0.475 e. The van der Waals surface area contributed by atoms with E-state index in [1.54, 1.807) is 0 Å². The summed E-state index contributed by atoms with van der Waals surface area (Å²) in [5.74, 6) is 0.356. The van der Waals surface area contributed by atoms with E-state index in [1.807, 2.05) is 27.7 Å². The van der Waals surface area contributed by atoms with Gasteiger partial charge in [-0.2, -0.15) is 4.98 Å². The molecule has 120 valence electrons. The van der Waals surface area contributed by atoms with E-state index in [0.29, 0.717) is 12.5 Å². The van der Waals surface area contributed by atoms with Crippen LogP contribution < -0.4 is 10.5 Å². The topological polar surface area (TPSA) is 87.3 Å². The van der Waals surface area contributed by atoms with Gasteiger partial charge in [0.05, 0.1) is 6.61 Å². The van der Waals surface area contributed by atoms with E-state index >= 15 is 0 Å². The number of nitrogens with two attached hydrogens (primary N) is 1. The molecule has 1 heterocycles. The van der Waals surface area contributed by atoms with Crippen molar-refractivity contribution in [2.75, 3.05) is 25.3 Å². The van der Waals surface area contributed by atoms with Crippen molar-refractivity contribution >= 4 is 24.7 Å². The van der Waals surface area contributed by atoms with Gasteiger partial charge in [-0.15, -0.1) is 0 Å². The maximum atomic E-state index is 12.7. The summed E-state index contributed by atoms with van der Waals surface area (Å²) < 4.78 is 23.6. The monoisotopic (exact) mass is 335 g/mol. The summed E-state index contributed by atoms with van der Waals surface area (Å²) in [7, 11) is -2.34. The van der Waals surface area contributed by atoms with E-state index in [4.69, 9.17) is 26.8 Å². The molecule has 6 nitrogen and oxygen atoms in total. The second-order valence-corrected chi connectivity index (χ2v) is 9.73. The second-order valence-electron chi connectivity index (χ2n) is 5.31. The van der Waals surface area contributed by atoms with Crippen LogP contribution in [-0.4, -0.2) is 40.8 Å². The minimum Gasteiger partial charge on any atom is -0.475 e. The Hall–Kier alpha value is -0.840. The first kappa shape index (κ1) is 18.2. The van der Waals surface area contributed by atoms with Crippen LogP contribution in [-0.2, 0) is 9.30 Å². The molecule has 8 heteroatoms. The Labute approximate surface area is 130 Å². The predicted octanol–water partition coefficient (Wildman–Crippen LogP) is 3.25. The summed E-state index contributed by atoms with van der Waals surface area (Å²) in [5, 5.41) is 0.225. The quantitative estimate of drug-likeness (QED) is 0.446. The lowest BCUT2D eigenvalue weighted by atomic mass is 10.5. The van der Waals surface area contributed by atoms with Crippen LogP contribution in [0.15, 0.2) is 6.07 Å². The van der Waals surface area contributed by atoms with Crippen LogP contribution in [0.3, 0.4) is 0 Å². The minimum absolute atomic E-state index is 0.0579. The number of ether oxygens (including phenoxy) is 2. The first-order chi connectivity index (χ1) is 9.75. The normalized spacial score (nSPS) is 12.1. The molecule has 1 aromatic heterocycles. The third kappa shape index (κ3) is 5.46. The highest BCUT2D eigenvalue weighted by Crippen LogP contribution is 2.54. The van der Waals surface area contributed by atoms with Crippen LogP contribution in [0.1, 0.15) is 27.7 Å². The van der Waals surface area contributed by atoms with Crippen molar-refractivity contribution in [3.63, 3.8) is 0 Å². The SMILES string of the molecule is CC(C)P(=O)(COCCOc1cc(Cl)nc(N)n1)C(C)C. The van der Waals surface area contributed by atoms with Crippen molar-refractivity contribution in [1.82, 2.24) is 9.97 Å². The highest BCUT2D eigenvalue weighted by Gasteiger charge is 2.30. The van der Waals surface area contributed by atoms with E-state index in [0.717, 1.165) is 0 Å². The molecule has 0 aliphatic heterocycles. The molecule has 1 rings (SSSR count). The van der Waals surface area contributed by atoms with Gasteiger partial charge in [-0.1, -0.05) is 39.3 Å². The lowest BCUT2D eigenvalue weighted by Crippen LogP contribution is -2.16. The summed E-state index contributed by atoms with van der Waals surface area (Å²) in [6, 6.07) is 1.48. The number of aromatic nitrogens is 2. The first-order valence-corrected chi connectivity index (χ1v) is 9.25. The second kappa shape index (κ2) is 7.97. The smallest absolute Gasteiger partial charge is 0.224 e. The van der Waals surface area contributed by atoms with Crippen molar-refractivity contribution in [2.24, 2.45) is 0 Å². The first-order valence-electron chi connectivity index (χ1n) is 6.84. The lowest BCUT2D eigenvalue weighted by Gasteiger charge is -2.25. The van der Waals surface area contributed by atoms with Crippen LogP contribution in [0, 0.1) is 0 Å². The van der Waals surface area contributed by atoms with Crippen LogP contribution in [0.2, 0.25) is 5.15 Å². The van der Waals surface area contributed by atoms with Gasteiger partial charge in [0.1, 0.15) is 25.2 Å². The summed E-state index contributed by atoms with van der Waals surface area (Å²) in [4.78, 5) is 7.62. The van der Waals surface area contributed by atoms with E-state index in [9.17, 15) is 4.57 Å². The zero-order chi connectivity index (χ0) is 16.0. The molecule has 0 saturated heterocycles. The molecule has 2 N–H and O–H groups in total. The Bertz CT molecular complexity index is 479. The van der Waals surface area contributed by atoms with Gasteiger partial charge >= 0.3 is 0 Å². The molecule has 1 aromatic rings. The number of hydrogen-bond acceptors (Lipinski definition) is 6. The third-order valence-electron chi connectivity index (χ3n) is 3.21. The number of nitrogen functional groups attached to an aromatic ring is 1. The molecular formula is C13H23ClN3O3P. The molecule has 0 spiro atoms. The van der Waals surface area contributed by atoms with Gasteiger partial charge in [0.25, 0.3) is 0 Å². The molecule has 0 radical (unpaired) electrons. The fourth-order valence-electron chi connectivity index (χ4n) is 1.79. The number of rotatable bonds is 8. The van der Waals surface area contributed by atoms with Crippen molar-refractivity contribution in [3.05, 3.63) is 11.2 Å². The van der Waals surface area contributed by atoms with Crippen molar-refractivity contribution in [1.29, 1.82) is 0 Å². The Balaban J connectivity index is 2.39. The van der Waals surface area contributed by atoms with E-state index in [-0.39, 0.29) is 35.4 Å². The fraction of sp³-hybridized carbons (Fsp3) is 0.692. The van der Waals surface area contributed by atoms with Crippen LogP contribution in [0.5, 0.6) is 5.88 Å². The van der Waals surface area contributed by atoms with Gasteiger partial charge in [0, 0.05) is 17.4 Å². The molecule has 0 unspecified atom stereocenters. The highest BCUT2D eigenvalue weighted by molar-refractivity contribution is 7.65. The molecule has 0 aliphatic rings. The van der Waals surface area contributed by atoms with Crippen LogP contribution in [0.25, 0.3) is 0 Å². The Kier molecular flexibility index (Phi) is 6.91. The van der Waals surface area contributed by atoms with Crippen molar-refractivity contribution in [3.8, 4) is 5.88 Å². The summed E-state index contributed by atoms with van der Waals surface area (Å²) in [6.45, 7) is 8.46. The summed E-state index contributed by atoms with van der Waals surface area (Å²) in [6.07, 6.45) is 0.262. The van der Waals surface area contributed by atoms with Crippen molar-refractivity contribution in [2.45, 2.75) is 39.0 Å². The number of anilines is 1. The van der Waals surface area contributed by atoms with Gasteiger partial charge in [0.15, 0.2) is 0 Å². The average molecular weight is 336 g/mol. The molecule has 0 aromatic carbocycles. The summed E-state index contributed by atoms with van der Waals surface area (Å²) >= 11 is 5.74. The molecule has 0 fully saturated rings. The van der Waals surface area contributed by atoms with Gasteiger partial charge in [-0.25, -0.2) is 4.98 Å². The zero-order valence-electron chi connectivity index (χ0n) is 12.9. The molecule has 21 heavy (non-hydrogen) atoms. The Morgan fingerprint density at radius 2 is 1.86 bits per heavy atom. The number of hydrogen-bond donors (Lipinski definition) is 1. The number of halogens is 1. The molecule has 0 bridgehead atoms. The highest BCUT2D eigenvalue weighted by atomic mass is 35.5. The Morgan fingerprint density at radius 3 is 2.38 bits per heavy atom. The molecule has 0 atom stereocenters. The van der Waals surface area contributed by atoms with Gasteiger partial charge in [-0.05, 0) is 0 Å². The average Bonchev–Trinajstić information content (AvgIpc) is 2.36.